The predicted octanol–water partition coefficient (Wildman–Crippen LogP) is 1.52. The Kier molecular flexibility index (Phi) is 3.12. The second kappa shape index (κ2) is 4.60. The number of hydrogen-bond donors (Lipinski definition) is 2. The van der Waals surface area contributed by atoms with Gasteiger partial charge in [-0.05, 0) is 68.7 Å². The second-order valence-corrected chi connectivity index (χ2v) is 6.39. The molecule has 3 heteroatoms. The largest absolute Gasteiger partial charge is 0.356 e. The molecule has 0 radical (unpaired) electrons. The van der Waals surface area contributed by atoms with Crippen molar-refractivity contribution in [3.05, 3.63) is 0 Å². The van der Waals surface area contributed by atoms with Gasteiger partial charge in [0.25, 0.3) is 0 Å². The predicted molar refractivity (Wildman–Crippen MR) is 67.2 cm³/mol. The molecule has 0 aromatic rings. The number of rotatable bonds is 4. The number of nitrogens with one attached hydrogen (secondary N) is 1. The van der Waals surface area contributed by atoms with Gasteiger partial charge in [-0.2, -0.15) is 0 Å². The topological polar surface area (TPSA) is 55.1 Å². The van der Waals surface area contributed by atoms with E-state index < -0.39 is 0 Å². The normalized spacial score (nSPS) is 42.8. The quantitative estimate of drug-likeness (QED) is 0.727. The molecule has 4 aliphatic rings. The highest BCUT2D eigenvalue weighted by Gasteiger charge is 2.50. The third-order valence-corrected chi connectivity index (χ3v) is 5.21. The van der Waals surface area contributed by atoms with Gasteiger partial charge in [0, 0.05) is 12.5 Å². The van der Waals surface area contributed by atoms with Crippen molar-refractivity contribution >= 4 is 5.91 Å². The molecule has 4 bridgehead atoms. The van der Waals surface area contributed by atoms with Crippen LogP contribution in [0.4, 0.5) is 0 Å². The van der Waals surface area contributed by atoms with Crippen LogP contribution in [0.1, 0.15) is 38.5 Å². The first-order valence-electron chi connectivity index (χ1n) is 7.25. The maximum absolute atomic E-state index is 12.3. The first-order valence-corrected chi connectivity index (χ1v) is 7.25. The minimum absolute atomic E-state index is 0.326. The van der Waals surface area contributed by atoms with Gasteiger partial charge in [0.1, 0.15) is 0 Å². The highest BCUT2D eigenvalue weighted by atomic mass is 16.1. The smallest absolute Gasteiger partial charge is 0.223 e. The Morgan fingerprint density at radius 1 is 1.06 bits per heavy atom. The van der Waals surface area contributed by atoms with Gasteiger partial charge in [-0.3, -0.25) is 4.79 Å². The summed E-state index contributed by atoms with van der Waals surface area (Å²) in [6.07, 6.45) is 7.64. The molecule has 96 valence electrons. The van der Waals surface area contributed by atoms with E-state index in [2.05, 4.69) is 5.32 Å². The SMILES string of the molecule is NCCCNC(=O)C1C2CC3CC(C2)CC1C3. The molecule has 3 nitrogen and oxygen atoms in total. The molecule has 0 atom stereocenters. The molecule has 4 fully saturated rings. The van der Waals surface area contributed by atoms with E-state index in [-0.39, 0.29) is 0 Å². The Morgan fingerprint density at radius 2 is 1.65 bits per heavy atom. The van der Waals surface area contributed by atoms with Gasteiger partial charge in [0.15, 0.2) is 0 Å². The van der Waals surface area contributed by atoms with E-state index in [1.807, 2.05) is 0 Å². The van der Waals surface area contributed by atoms with Crippen LogP contribution in [-0.4, -0.2) is 19.0 Å². The highest BCUT2D eigenvalue weighted by Crippen LogP contribution is 2.56. The van der Waals surface area contributed by atoms with Crippen molar-refractivity contribution in [1.29, 1.82) is 0 Å². The summed E-state index contributed by atoms with van der Waals surface area (Å²) in [5.74, 6) is 3.96. The summed E-state index contributed by atoms with van der Waals surface area (Å²) in [7, 11) is 0. The Labute approximate surface area is 104 Å². The van der Waals surface area contributed by atoms with Crippen LogP contribution < -0.4 is 11.1 Å². The second-order valence-electron chi connectivity index (χ2n) is 6.39. The van der Waals surface area contributed by atoms with Crippen LogP contribution in [-0.2, 0) is 4.79 Å². The third kappa shape index (κ3) is 2.10. The molecule has 0 spiro atoms. The number of carbonyl (C=O) groups is 1. The van der Waals surface area contributed by atoms with Crippen molar-refractivity contribution in [1.82, 2.24) is 5.32 Å². The van der Waals surface area contributed by atoms with Crippen molar-refractivity contribution < 1.29 is 4.79 Å². The van der Waals surface area contributed by atoms with Crippen LogP contribution in [0.25, 0.3) is 0 Å². The fourth-order valence-electron chi connectivity index (χ4n) is 4.78. The van der Waals surface area contributed by atoms with E-state index in [0.717, 1.165) is 24.8 Å². The standard InChI is InChI=1S/C14H24N2O/c15-2-1-3-16-14(17)13-11-5-9-4-10(7-11)8-12(13)6-9/h9-13H,1-8,15H2,(H,16,17). The summed E-state index contributed by atoms with van der Waals surface area (Å²) in [5.41, 5.74) is 5.46. The molecule has 3 N–H and O–H groups in total. The fraction of sp³-hybridized carbons (Fsp3) is 0.929. The van der Waals surface area contributed by atoms with Gasteiger partial charge in [-0.15, -0.1) is 0 Å². The third-order valence-electron chi connectivity index (χ3n) is 5.21. The van der Waals surface area contributed by atoms with Crippen molar-refractivity contribution in [2.75, 3.05) is 13.1 Å². The maximum Gasteiger partial charge on any atom is 0.223 e. The van der Waals surface area contributed by atoms with E-state index in [1.165, 1.54) is 32.1 Å². The summed E-state index contributed by atoms with van der Waals surface area (Å²) in [5, 5.41) is 3.09. The molecule has 4 saturated carbocycles. The minimum atomic E-state index is 0.326. The van der Waals surface area contributed by atoms with Crippen molar-refractivity contribution in [2.45, 2.75) is 38.5 Å². The average molecular weight is 236 g/mol. The fourth-order valence-corrected chi connectivity index (χ4v) is 4.78. The zero-order chi connectivity index (χ0) is 11.8. The van der Waals surface area contributed by atoms with E-state index in [4.69, 9.17) is 5.73 Å². The Morgan fingerprint density at radius 3 is 2.18 bits per heavy atom. The zero-order valence-electron chi connectivity index (χ0n) is 10.5. The van der Waals surface area contributed by atoms with Crippen LogP contribution in [0, 0.1) is 29.6 Å². The highest BCUT2D eigenvalue weighted by molar-refractivity contribution is 5.79. The van der Waals surface area contributed by atoms with Crippen LogP contribution in [0.15, 0.2) is 0 Å². The minimum Gasteiger partial charge on any atom is -0.356 e. The molecule has 0 aliphatic heterocycles. The monoisotopic (exact) mass is 236 g/mol. The van der Waals surface area contributed by atoms with Crippen LogP contribution in [0.5, 0.6) is 0 Å². The molecule has 0 aromatic heterocycles. The summed E-state index contributed by atoms with van der Waals surface area (Å²) in [4.78, 5) is 12.3. The lowest BCUT2D eigenvalue weighted by atomic mass is 9.51. The summed E-state index contributed by atoms with van der Waals surface area (Å²) >= 11 is 0. The summed E-state index contributed by atoms with van der Waals surface area (Å²) in [6.45, 7) is 1.43. The van der Waals surface area contributed by atoms with E-state index >= 15 is 0 Å². The molecule has 17 heavy (non-hydrogen) atoms. The molecule has 0 unspecified atom stereocenters. The molecule has 1 amide bonds. The lowest BCUT2D eigenvalue weighted by Crippen LogP contribution is -2.51. The summed E-state index contributed by atoms with van der Waals surface area (Å²) < 4.78 is 0. The van der Waals surface area contributed by atoms with Gasteiger partial charge < -0.3 is 11.1 Å². The molecule has 4 aliphatic carbocycles. The summed E-state index contributed by atoms with van der Waals surface area (Å²) in [6, 6.07) is 0. The average Bonchev–Trinajstić information content (AvgIpc) is 2.27. The Hall–Kier alpha value is -0.570. The molecule has 0 saturated heterocycles. The van der Waals surface area contributed by atoms with E-state index in [0.29, 0.717) is 30.2 Å². The van der Waals surface area contributed by atoms with Crippen molar-refractivity contribution in [3.8, 4) is 0 Å². The van der Waals surface area contributed by atoms with Gasteiger partial charge >= 0.3 is 0 Å². The van der Waals surface area contributed by atoms with Crippen LogP contribution in [0.2, 0.25) is 0 Å². The molecular formula is C14H24N2O. The van der Waals surface area contributed by atoms with Crippen molar-refractivity contribution in [3.63, 3.8) is 0 Å². The van der Waals surface area contributed by atoms with Crippen LogP contribution >= 0.6 is 0 Å². The van der Waals surface area contributed by atoms with Gasteiger partial charge in [0.05, 0.1) is 0 Å². The van der Waals surface area contributed by atoms with Gasteiger partial charge in [-0.1, -0.05) is 0 Å². The Balaban J connectivity index is 1.61. The Bertz CT molecular complexity index is 275. The van der Waals surface area contributed by atoms with Crippen LogP contribution in [0.3, 0.4) is 0 Å². The molecule has 0 heterocycles. The van der Waals surface area contributed by atoms with E-state index in [1.54, 1.807) is 0 Å². The lowest BCUT2D eigenvalue weighted by molar-refractivity contribution is -0.138. The first kappa shape index (κ1) is 11.5. The first-order chi connectivity index (χ1) is 8.28. The van der Waals surface area contributed by atoms with Crippen molar-refractivity contribution in [2.24, 2.45) is 35.3 Å². The lowest BCUT2D eigenvalue weighted by Gasteiger charge is -2.53. The number of amides is 1. The number of carbonyl (C=O) groups excluding carboxylic acids is 1. The van der Waals surface area contributed by atoms with Gasteiger partial charge in [0.2, 0.25) is 5.91 Å². The van der Waals surface area contributed by atoms with E-state index in [9.17, 15) is 4.79 Å². The molecule has 4 rings (SSSR count). The number of hydrogen-bond acceptors (Lipinski definition) is 2. The number of nitrogens with two attached hydrogens (primary N) is 1. The molecular weight excluding hydrogens is 212 g/mol. The van der Waals surface area contributed by atoms with Gasteiger partial charge in [-0.25, -0.2) is 0 Å². The zero-order valence-corrected chi connectivity index (χ0v) is 10.5. The maximum atomic E-state index is 12.3. The molecule has 0 aromatic carbocycles.